The highest BCUT2D eigenvalue weighted by molar-refractivity contribution is 6.21. The molecule has 0 aromatic rings. The van der Waals surface area contributed by atoms with Gasteiger partial charge in [0.05, 0.1) is 0 Å². The van der Waals surface area contributed by atoms with Gasteiger partial charge in [-0.1, -0.05) is 25.7 Å². The summed E-state index contributed by atoms with van der Waals surface area (Å²) in [6, 6.07) is 0. The average Bonchev–Trinajstić information content (AvgIpc) is 2.55. The number of rotatable bonds is 4. The molecule has 2 rings (SSSR count). The number of halogens is 1. The van der Waals surface area contributed by atoms with E-state index in [1.54, 1.807) is 0 Å². The SMILES string of the molecule is CN(CC1CC(Cl)C1)C(=O)CC1CCCCCC1. The molecule has 1 amide bonds. The molecule has 2 saturated carbocycles. The number of carbonyl (C=O) groups excluding carboxylic acids is 1. The highest BCUT2D eigenvalue weighted by Crippen LogP contribution is 2.32. The van der Waals surface area contributed by atoms with E-state index in [0.717, 1.165) is 25.8 Å². The van der Waals surface area contributed by atoms with Crippen LogP contribution in [0.5, 0.6) is 0 Å². The summed E-state index contributed by atoms with van der Waals surface area (Å²) in [7, 11) is 1.96. The van der Waals surface area contributed by atoms with Gasteiger partial charge in [0.1, 0.15) is 0 Å². The normalized spacial score (nSPS) is 29.4. The molecule has 0 atom stereocenters. The van der Waals surface area contributed by atoms with E-state index in [9.17, 15) is 4.79 Å². The Kier molecular flexibility index (Phi) is 5.35. The molecular formula is C15H26ClNO. The number of carbonyl (C=O) groups is 1. The fourth-order valence-corrected chi connectivity index (χ4v) is 3.77. The van der Waals surface area contributed by atoms with Gasteiger partial charge in [-0.2, -0.15) is 0 Å². The number of alkyl halides is 1. The molecule has 0 saturated heterocycles. The van der Waals surface area contributed by atoms with Crippen LogP contribution in [0.2, 0.25) is 0 Å². The Morgan fingerprint density at radius 3 is 2.28 bits per heavy atom. The second-order valence-electron chi connectivity index (χ2n) is 6.27. The van der Waals surface area contributed by atoms with Crippen LogP contribution in [-0.4, -0.2) is 29.8 Å². The number of hydrogen-bond acceptors (Lipinski definition) is 1. The van der Waals surface area contributed by atoms with Gasteiger partial charge in [-0.05, 0) is 37.5 Å². The van der Waals surface area contributed by atoms with Crippen molar-refractivity contribution in [2.45, 2.75) is 63.2 Å². The molecule has 3 heteroatoms. The summed E-state index contributed by atoms with van der Waals surface area (Å²) in [6.07, 6.45) is 10.8. The van der Waals surface area contributed by atoms with Gasteiger partial charge in [-0.3, -0.25) is 4.79 Å². The van der Waals surface area contributed by atoms with Crippen LogP contribution < -0.4 is 0 Å². The molecule has 18 heavy (non-hydrogen) atoms. The van der Waals surface area contributed by atoms with Crippen molar-refractivity contribution in [1.82, 2.24) is 4.90 Å². The Morgan fingerprint density at radius 1 is 1.11 bits per heavy atom. The summed E-state index contributed by atoms with van der Waals surface area (Å²) in [5.41, 5.74) is 0. The van der Waals surface area contributed by atoms with Crippen molar-refractivity contribution in [3.63, 3.8) is 0 Å². The molecule has 0 aromatic carbocycles. The third-order valence-corrected chi connectivity index (χ3v) is 4.93. The second kappa shape index (κ2) is 6.79. The minimum absolute atomic E-state index is 0.347. The first kappa shape index (κ1) is 14.2. The molecule has 0 spiro atoms. The van der Waals surface area contributed by atoms with E-state index in [4.69, 9.17) is 11.6 Å². The van der Waals surface area contributed by atoms with Crippen molar-refractivity contribution >= 4 is 17.5 Å². The molecule has 0 aromatic heterocycles. The van der Waals surface area contributed by atoms with Crippen LogP contribution in [0.4, 0.5) is 0 Å². The van der Waals surface area contributed by atoms with Crippen molar-refractivity contribution in [2.24, 2.45) is 11.8 Å². The maximum atomic E-state index is 12.2. The predicted molar refractivity (Wildman–Crippen MR) is 75.8 cm³/mol. The zero-order valence-corrected chi connectivity index (χ0v) is 12.3. The first-order chi connectivity index (χ1) is 8.65. The zero-order chi connectivity index (χ0) is 13.0. The van der Waals surface area contributed by atoms with Gasteiger partial charge >= 0.3 is 0 Å². The molecular weight excluding hydrogens is 246 g/mol. The van der Waals surface area contributed by atoms with Crippen LogP contribution in [0, 0.1) is 11.8 Å². The summed E-state index contributed by atoms with van der Waals surface area (Å²) in [5.74, 6) is 1.64. The first-order valence-electron chi connectivity index (χ1n) is 7.53. The van der Waals surface area contributed by atoms with Crippen molar-refractivity contribution in [3.05, 3.63) is 0 Å². The van der Waals surface area contributed by atoms with Crippen LogP contribution >= 0.6 is 11.6 Å². The van der Waals surface area contributed by atoms with E-state index in [2.05, 4.69) is 0 Å². The lowest BCUT2D eigenvalue weighted by atomic mass is 9.84. The molecule has 2 fully saturated rings. The highest BCUT2D eigenvalue weighted by atomic mass is 35.5. The van der Waals surface area contributed by atoms with E-state index in [0.29, 0.717) is 23.1 Å². The fourth-order valence-electron chi connectivity index (χ4n) is 3.26. The highest BCUT2D eigenvalue weighted by Gasteiger charge is 2.29. The van der Waals surface area contributed by atoms with Crippen LogP contribution in [0.1, 0.15) is 57.8 Å². The summed E-state index contributed by atoms with van der Waals surface area (Å²) in [6.45, 7) is 0.911. The molecule has 0 N–H and O–H groups in total. The van der Waals surface area contributed by atoms with Gasteiger partial charge in [0, 0.05) is 25.4 Å². The number of nitrogens with zero attached hydrogens (tertiary/aromatic N) is 1. The van der Waals surface area contributed by atoms with E-state index in [1.165, 1.54) is 38.5 Å². The van der Waals surface area contributed by atoms with Crippen LogP contribution in [0.15, 0.2) is 0 Å². The standard InChI is InChI=1S/C15H26ClNO/c1-17(11-13-8-14(16)9-13)15(18)10-12-6-4-2-3-5-7-12/h12-14H,2-11H2,1H3. The molecule has 0 heterocycles. The van der Waals surface area contributed by atoms with Crippen molar-refractivity contribution in [1.29, 1.82) is 0 Å². The van der Waals surface area contributed by atoms with Gasteiger partial charge in [0.25, 0.3) is 0 Å². The third-order valence-electron chi connectivity index (χ3n) is 4.57. The minimum Gasteiger partial charge on any atom is -0.345 e. The van der Waals surface area contributed by atoms with E-state index in [-0.39, 0.29) is 0 Å². The minimum atomic E-state index is 0.347. The second-order valence-corrected chi connectivity index (χ2v) is 6.89. The molecule has 0 unspecified atom stereocenters. The Labute approximate surface area is 116 Å². The van der Waals surface area contributed by atoms with Crippen molar-refractivity contribution < 1.29 is 4.79 Å². The van der Waals surface area contributed by atoms with E-state index >= 15 is 0 Å². The Bertz CT molecular complexity index is 268. The van der Waals surface area contributed by atoms with Gasteiger partial charge in [-0.15, -0.1) is 11.6 Å². The lowest BCUT2D eigenvalue weighted by Crippen LogP contribution is -2.38. The fraction of sp³-hybridized carbons (Fsp3) is 0.933. The molecule has 0 radical (unpaired) electrons. The third kappa shape index (κ3) is 4.15. The van der Waals surface area contributed by atoms with E-state index in [1.807, 2.05) is 11.9 Å². The smallest absolute Gasteiger partial charge is 0.222 e. The molecule has 0 aliphatic heterocycles. The molecule has 2 aliphatic carbocycles. The number of hydrogen-bond donors (Lipinski definition) is 0. The van der Waals surface area contributed by atoms with E-state index < -0.39 is 0 Å². The summed E-state index contributed by atoms with van der Waals surface area (Å²) < 4.78 is 0. The predicted octanol–water partition coefficient (Wildman–Crippen LogP) is 3.82. The van der Waals surface area contributed by atoms with Crippen molar-refractivity contribution in [2.75, 3.05) is 13.6 Å². The van der Waals surface area contributed by atoms with Crippen molar-refractivity contribution in [3.8, 4) is 0 Å². The summed E-state index contributed by atoms with van der Waals surface area (Å²) in [5, 5.41) is 0.361. The first-order valence-corrected chi connectivity index (χ1v) is 7.97. The lowest BCUT2D eigenvalue weighted by molar-refractivity contribution is -0.131. The summed E-state index contributed by atoms with van der Waals surface area (Å²) >= 11 is 5.98. The van der Waals surface area contributed by atoms with Crippen LogP contribution in [0.3, 0.4) is 0 Å². The molecule has 0 bridgehead atoms. The van der Waals surface area contributed by atoms with Crippen LogP contribution in [0.25, 0.3) is 0 Å². The Morgan fingerprint density at radius 2 is 1.72 bits per heavy atom. The maximum absolute atomic E-state index is 12.2. The Balaban J connectivity index is 1.69. The molecule has 2 aliphatic rings. The molecule has 104 valence electrons. The average molecular weight is 272 g/mol. The van der Waals surface area contributed by atoms with Crippen LogP contribution in [-0.2, 0) is 4.79 Å². The molecule has 2 nitrogen and oxygen atoms in total. The largest absolute Gasteiger partial charge is 0.345 e. The quantitative estimate of drug-likeness (QED) is 0.562. The van der Waals surface area contributed by atoms with Gasteiger partial charge in [0.15, 0.2) is 0 Å². The van der Waals surface area contributed by atoms with Gasteiger partial charge in [0.2, 0.25) is 5.91 Å². The Hall–Kier alpha value is -0.240. The lowest BCUT2D eigenvalue weighted by Gasteiger charge is -2.34. The zero-order valence-electron chi connectivity index (χ0n) is 11.5. The topological polar surface area (TPSA) is 20.3 Å². The maximum Gasteiger partial charge on any atom is 0.222 e. The summed E-state index contributed by atoms with van der Waals surface area (Å²) in [4.78, 5) is 14.1. The van der Waals surface area contributed by atoms with Gasteiger partial charge in [-0.25, -0.2) is 0 Å². The number of amides is 1. The van der Waals surface area contributed by atoms with Gasteiger partial charge < -0.3 is 4.90 Å². The monoisotopic (exact) mass is 271 g/mol.